The number of benzene rings is 1. The Labute approximate surface area is 115 Å². The highest BCUT2D eigenvalue weighted by molar-refractivity contribution is 5.73. The summed E-state index contributed by atoms with van der Waals surface area (Å²) in [7, 11) is 0. The normalized spacial score (nSPS) is 21.4. The Kier molecular flexibility index (Phi) is 4.31. The molecular formula is C13H16N2O5. The molecule has 108 valence electrons. The second kappa shape index (κ2) is 5.98. The molecule has 2 unspecified atom stereocenters. The minimum atomic E-state index is -0.943. The van der Waals surface area contributed by atoms with E-state index in [2.05, 4.69) is 0 Å². The van der Waals surface area contributed by atoms with E-state index in [1.807, 2.05) is 6.92 Å². The van der Waals surface area contributed by atoms with Crippen molar-refractivity contribution < 1.29 is 19.6 Å². The number of carboxylic acids is 1. The number of carboxylic acid groups (broad SMARTS) is 1. The molecule has 0 bridgehead atoms. The number of nitro benzene ring substituents is 1. The maximum atomic E-state index is 11.2. The third-order valence-corrected chi connectivity index (χ3v) is 3.52. The summed E-state index contributed by atoms with van der Waals surface area (Å²) in [5, 5.41) is 20.0. The van der Waals surface area contributed by atoms with Crippen LogP contribution in [-0.4, -0.2) is 46.7 Å². The standard InChI is InChI=1S/C13H16N2O5/c1-9(10-3-2-4-11(7-10)15(18)19)14-5-6-20-8-12(14)13(16)17/h2-4,7,9,12H,5-6,8H2,1H3,(H,16,17). The summed E-state index contributed by atoms with van der Waals surface area (Å²) in [4.78, 5) is 23.4. The Hall–Kier alpha value is -1.99. The zero-order valence-electron chi connectivity index (χ0n) is 11.1. The fourth-order valence-electron chi connectivity index (χ4n) is 2.38. The Balaban J connectivity index is 2.24. The first-order chi connectivity index (χ1) is 9.50. The van der Waals surface area contributed by atoms with Crippen LogP contribution in [0.4, 0.5) is 5.69 Å². The lowest BCUT2D eigenvalue weighted by Crippen LogP contribution is -2.50. The number of hydrogen-bond donors (Lipinski definition) is 1. The van der Waals surface area contributed by atoms with Crippen molar-refractivity contribution in [1.82, 2.24) is 4.90 Å². The van der Waals surface area contributed by atoms with Crippen molar-refractivity contribution in [2.24, 2.45) is 0 Å². The summed E-state index contributed by atoms with van der Waals surface area (Å²) < 4.78 is 5.19. The van der Waals surface area contributed by atoms with Gasteiger partial charge in [0.15, 0.2) is 0 Å². The molecule has 0 spiro atoms. The van der Waals surface area contributed by atoms with Crippen molar-refractivity contribution in [2.75, 3.05) is 19.8 Å². The summed E-state index contributed by atoms with van der Waals surface area (Å²) in [6.45, 7) is 2.93. The van der Waals surface area contributed by atoms with Gasteiger partial charge in [0.05, 0.1) is 18.1 Å². The van der Waals surface area contributed by atoms with Crippen LogP contribution in [0.25, 0.3) is 0 Å². The van der Waals surface area contributed by atoms with E-state index in [0.717, 1.165) is 5.56 Å². The van der Waals surface area contributed by atoms with Gasteiger partial charge in [-0.25, -0.2) is 0 Å². The predicted octanol–water partition coefficient (Wildman–Crippen LogP) is 1.44. The average molecular weight is 280 g/mol. The van der Waals surface area contributed by atoms with Crippen molar-refractivity contribution >= 4 is 11.7 Å². The van der Waals surface area contributed by atoms with Gasteiger partial charge in [-0.05, 0) is 12.5 Å². The molecule has 1 heterocycles. The van der Waals surface area contributed by atoms with E-state index in [1.54, 1.807) is 17.0 Å². The number of hydrogen-bond acceptors (Lipinski definition) is 5. The molecule has 1 fully saturated rings. The van der Waals surface area contributed by atoms with Gasteiger partial charge >= 0.3 is 5.97 Å². The van der Waals surface area contributed by atoms with E-state index in [1.165, 1.54) is 12.1 Å². The first-order valence-electron chi connectivity index (χ1n) is 6.31. The predicted molar refractivity (Wildman–Crippen MR) is 70.5 cm³/mol. The molecule has 1 N–H and O–H groups in total. The van der Waals surface area contributed by atoms with Crippen LogP contribution in [-0.2, 0) is 9.53 Å². The van der Waals surface area contributed by atoms with Crippen molar-refractivity contribution in [3.05, 3.63) is 39.9 Å². The van der Waals surface area contributed by atoms with Crippen LogP contribution in [0.1, 0.15) is 18.5 Å². The fraction of sp³-hybridized carbons (Fsp3) is 0.462. The van der Waals surface area contributed by atoms with Crippen LogP contribution in [0.3, 0.4) is 0 Å². The molecular weight excluding hydrogens is 264 g/mol. The van der Waals surface area contributed by atoms with Gasteiger partial charge in [-0.1, -0.05) is 12.1 Å². The molecule has 7 heteroatoms. The first-order valence-corrected chi connectivity index (χ1v) is 6.31. The van der Waals surface area contributed by atoms with E-state index in [4.69, 9.17) is 4.74 Å². The molecule has 2 atom stereocenters. The molecule has 0 aromatic heterocycles. The second-order valence-corrected chi connectivity index (χ2v) is 4.69. The Morgan fingerprint density at radius 1 is 1.60 bits per heavy atom. The minimum absolute atomic E-state index is 0.00878. The number of nitrogens with zero attached hydrogens (tertiary/aromatic N) is 2. The highest BCUT2D eigenvalue weighted by atomic mass is 16.6. The summed E-state index contributed by atoms with van der Waals surface area (Å²) in [5.41, 5.74) is 0.738. The Morgan fingerprint density at radius 2 is 2.35 bits per heavy atom. The smallest absolute Gasteiger partial charge is 0.323 e. The molecule has 0 amide bonds. The zero-order chi connectivity index (χ0) is 14.7. The fourth-order valence-corrected chi connectivity index (χ4v) is 2.38. The van der Waals surface area contributed by atoms with Crippen LogP contribution in [0, 0.1) is 10.1 Å². The maximum Gasteiger partial charge on any atom is 0.323 e. The number of rotatable bonds is 4. The van der Waals surface area contributed by atoms with Crippen molar-refractivity contribution in [3.63, 3.8) is 0 Å². The number of non-ortho nitro benzene ring substituents is 1. The molecule has 20 heavy (non-hydrogen) atoms. The van der Waals surface area contributed by atoms with Crippen LogP contribution >= 0.6 is 0 Å². The summed E-state index contributed by atoms with van der Waals surface area (Å²) in [6, 6.07) is 5.34. The lowest BCUT2D eigenvalue weighted by molar-refractivity contribution is -0.385. The molecule has 1 aromatic rings. The van der Waals surface area contributed by atoms with Crippen molar-refractivity contribution in [1.29, 1.82) is 0 Å². The van der Waals surface area contributed by atoms with Crippen LogP contribution in [0.2, 0.25) is 0 Å². The molecule has 7 nitrogen and oxygen atoms in total. The summed E-state index contributed by atoms with van der Waals surface area (Å²) in [5.74, 6) is -0.943. The number of carbonyl (C=O) groups is 1. The molecule has 2 rings (SSSR count). The van der Waals surface area contributed by atoms with Gasteiger partial charge in [-0.2, -0.15) is 0 Å². The van der Waals surface area contributed by atoms with Gasteiger partial charge in [0.1, 0.15) is 6.04 Å². The molecule has 1 saturated heterocycles. The van der Waals surface area contributed by atoms with Crippen molar-refractivity contribution in [2.45, 2.75) is 19.0 Å². The Morgan fingerprint density at radius 3 is 3.00 bits per heavy atom. The van der Waals surface area contributed by atoms with E-state index in [-0.39, 0.29) is 18.3 Å². The quantitative estimate of drug-likeness (QED) is 0.662. The SMILES string of the molecule is CC(c1cccc([N+](=O)[O-])c1)N1CCOCC1C(=O)O. The summed E-state index contributed by atoms with van der Waals surface area (Å²) in [6.07, 6.45) is 0. The van der Waals surface area contributed by atoms with Crippen LogP contribution in [0.5, 0.6) is 0 Å². The van der Waals surface area contributed by atoms with E-state index in [9.17, 15) is 20.0 Å². The maximum absolute atomic E-state index is 11.2. The number of ether oxygens (including phenoxy) is 1. The highest BCUT2D eigenvalue weighted by Gasteiger charge is 2.33. The Bertz CT molecular complexity index is 519. The van der Waals surface area contributed by atoms with Gasteiger partial charge in [-0.3, -0.25) is 19.8 Å². The first kappa shape index (κ1) is 14.4. The van der Waals surface area contributed by atoms with Gasteiger partial charge in [0, 0.05) is 24.7 Å². The largest absolute Gasteiger partial charge is 0.480 e. The number of aliphatic carboxylic acids is 1. The lowest BCUT2D eigenvalue weighted by Gasteiger charge is -2.37. The number of nitro groups is 1. The molecule has 1 aliphatic heterocycles. The number of morpholine rings is 1. The third-order valence-electron chi connectivity index (χ3n) is 3.52. The van der Waals surface area contributed by atoms with Gasteiger partial charge in [0.25, 0.3) is 5.69 Å². The summed E-state index contributed by atoms with van der Waals surface area (Å²) >= 11 is 0. The van der Waals surface area contributed by atoms with Gasteiger partial charge < -0.3 is 9.84 Å². The molecule has 1 aromatic carbocycles. The monoisotopic (exact) mass is 280 g/mol. The van der Waals surface area contributed by atoms with Crippen LogP contribution in [0.15, 0.2) is 24.3 Å². The zero-order valence-corrected chi connectivity index (χ0v) is 11.1. The van der Waals surface area contributed by atoms with Gasteiger partial charge in [0.2, 0.25) is 0 Å². The van der Waals surface area contributed by atoms with Crippen molar-refractivity contribution in [3.8, 4) is 0 Å². The third kappa shape index (κ3) is 2.94. The van der Waals surface area contributed by atoms with Gasteiger partial charge in [-0.15, -0.1) is 0 Å². The minimum Gasteiger partial charge on any atom is -0.480 e. The van der Waals surface area contributed by atoms with E-state index >= 15 is 0 Å². The molecule has 0 aliphatic carbocycles. The molecule has 1 aliphatic rings. The average Bonchev–Trinajstić information content (AvgIpc) is 2.46. The topological polar surface area (TPSA) is 92.9 Å². The second-order valence-electron chi connectivity index (χ2n) is 4.69. The molecule has 0 radical (unpaired) electrons. The van der Waals surface area contributed by atoms with E-state index in [0.29, 0.717) is 13.2 Å². The van der Waals surface area contributed by atoms with Crippen LogP contribution < -0.4 is 0 Å². The molecule has 0 saturated carbocycles. The lowest BCUT2D eigenvalue weighted by atomic mass is 10.0. The highest BCUT2D eigenvalue weighted by Crippen LogP contribution is 2.27. The van der Waals surface area contributed by atoms with E-state index < -0.39 is 16.9 Å².